The van der Waals surface area contributed by atoms with Gasteiger partial charge in [-0.1, -0.05) is 0 Å². The first-order valence-electron chi connectivity index (χ1n) is 1.41. The van der Waals surface area contributed by atoms with E-state index in [-0.39, 0.29) is 276 Å². The van der Waals surface area contributed by atoms with Crippen LogP contribution in [0.15, 0.2) is 0 Å². The van der Waals surface area contributed by atoms with E-state index in [2.05, 4.69) is 4.57 Å². The Bertz CT molecular complexity index is 45.7. The molecule has 0 fully saturated rings. The molecule has 5 nitrogen and oxygen atoms in total. The zero-order valence-electron chi connectivity index (χ0n) is 7.20. The normalized spacial score (nSPS) is 5.45. The van der Waals surface area contributed by atoms with E-state index < -0.39 is 14.6 Å². The molecule has 0 aromatic carbocycles. The summed E-state index contributed by atoms with van der Waals surface area (Å²) in [7, 11) is -5.50. The molecule has 0 radical (unpaired) electrons. The van der Waals surface area contributed by atoms with Crippen LogP contribution in [0.5, 0.6) is 0 Å². The van der Waals surface area contributed by atoms with Gasteiger partial charge in [0, 0.05) is 14.6 Å². The molecule has 0 amide bonds. The Morgan fingerprint density at radius 3 is 0.818 bits per heavy atom. The van der Waals surface area contributed by atoms with Crippen LogP contribution in [-0.2, 0) is 4.57 Å². The third kappa shape index (κ3) is 32.1. The summed E-state index contributed by atoms with van der Waals surface area (Å²) >= 11 is 0. The topological polar surface area (TPSA) is 101 Å². The van der Waals surface area contributed by atoms with Crippen molar-refractivity contribution in [3.05, 3.63) is 0 Å². The maximum atomic E-state index is 9.16. The van der Waals surface area contributed by atoms with Gasteiger partial charge in [-0.3, -0.25) is 0 Å². The smallest absolute Gasteiger partial charge is 0.872 e. The fourth-order valence-electron chi connectivity index (χ4n) is 0.0907. The Hall–Kier alpha value is 8.14. The molecule has 0 aromatic rings. The molecule has 0 rings (SSSR count). The summed E-state index contributed by atoms with van der Waals surface area (Å²) in [5.74, 6) is 0. The molecule has 0 aliphatic heterocycles. The van der Waals surface area contributed by atoms with Gasteiger partial charge >= 0.3 is 276 Å². The molecule has 0 aliphatic rings. The van der Waals surface area contributed by atoms with Gasteiger partial charge < -0.3 is 24.7 Å². The molecule has 0 aromatic heterocycles. The van der Waals surface area contributed by atoms with E-state index in [0.29, 0.717) is 0 Å². The van der Waals surface area contributed by atoms with Gasteiger partial charge in [0.1, 0.15) is 0 Å². The van der Waals surface area contributed by atoms with Crippen molar-refractivity contribution in [3.8, 4) is 0 Å². The summed E-state index contributed by atoms with van der Waals surface area (Å²) in [5.41, 5.74) is 0. The maximum Gasteiger partial charge on any atom is 1.00 e. The summed E-state index contributed by atoms with van der Waals surface area (Å²) in [5, 5.41) is 36.6. The minimum absolute atomic E-state index is 0. The third-order valence-electron chi connectivity index (χ3n) is 0.222. The van der Waals surface area contributed by atoms with Crippen molar-refractivity contribution in [2.45, 2.75) is 0 Å². The molecule has 0 saturated heterocycles. The molecule has 0 heterocycles. The van der Waals surface area contributed by atoms with Crippen LogP contribution in [-0.4, -0.2) is 14.6 Å². The van der Waals surface area contributed by atoms with Crippen molar-refractivity contribution in [2.75, 3.05) is 0 Å². The SMILES string of the molecule is [Cs+].[Cs+].[Cs+].[Cs+].[O-]B([O-])OB([O-])[O-]. The van der Waals surface area contributed by atoms with Crippen LogP contribution < -0.4 is 296 Å². The zero-order valence-corrected chi connectivity index (χ0v) is 32.3. The van der Waals surface area contributed by atoms with Crippen LogP contribution in [0.3, 0.4) is 0 Å². The van der Waals surface area contributed by atoms with Crippen LogP contribution in [0.2, 0.25) is 0 Å². The van der Waals surface area contributed by atoms with Gasteiger partial charge in [-0.2, -0.15) is 0 Å². The molecule has 0 N–H and O–H groups in total. The second kappa shape index (κ2) is 23.2. The summed E-state index contributed by atoms with van der Waals surface area (Å²) < 4.78 is 3.03. The molecular weight excluding hydrogens is 633 g/mol. The average molecular weight is 633 g/mol. The second-order valence-corrected chi connectivity index (χ2v) is 0.713. The fourth-order valence-corrected chi connectivity index (χ4v) is 0.0907. The van der Waals surface area contributed by atoms with Gasteiger partial charge in [-0.05, 0) is 0 Å². The maximum absolute atomic E-state index is 9.16. The van der Waals surface area contributed by atoms with Crippen molar-refractivity contribution in [1.82, 2.24) is 0 Å². The Balaban J connectivity index is -0.0000000300. The number of rotatable bonds is 2. The zero-order chi connectivity index (χ0) is 5.86. The Morgan fingerprint density at radius 2 is 0.818 bits per heavy atom. The minimum Gasteiger partial charge on any atom is -0.872 e. The van der Waals surface area contributed by atoms with E-state index in [0.717, 1.165) is 0 Å². The van der Waals surface area contributed by atoms with Crippen LogP contribution in [0.4, 0.5) is 0 Å². The standard InChI is InChI=1S/B2O5.4Cs/c3-1(4)7-2(5)6;;;;/q-4;4*+1. The second-order valence-electron chi connectivity index (χ2n) is 0.713. The van der Waals surface area contributed by atoms with E-state index >= 15 is 0 Å². The summed E-state index contributed by atoms with van der Waals surface area (Å²) in [4.78, 5) is 0. The first-order chi connectivity index (χ1) is 3.13. The average Bonchev–Trinajstić information content (AvgIpc) is 1.27. The molecular formula is B2Cs4O5. The third-order valence-corrected chi connectivity index (χ3v) is 0.222. The van der Waals surface area contributed by atoms with E-state index in [1.165, 1.54) is 0 Å². The van der Waals surface area contributed by atoms with Gasteiger partial charge in [0.15, 0.2) is 0 Å². The van der Waals surface area contributed by atoms with E-state index in [1.54, 1.807) is 0 Å². The predicted octanol–water partition coefficient (Wildman–Crippen LogP) is -17.6. The van der Waals surface area contributed by atoms with Crippen molar-refractivity contribution in [2.24, 2.45) is 0 Å². The fraction of sp³-hybridized carbons (Fsp3) is 0. The van der Waals surface area contributed by atoms with Crippen LogP contribution >= 0.6 is 0 Å². The number of hydrogen-bond acceptors (Lipinski definition) is 5. The summed E-state index contributed by atoms with van der Waals surface area (Å²) in [6, 6.07) is 0. The van der Waals surface area contributed by atoms with Gasteiger partial charge in [-0.15, -0.1) is 0 Å². The summed E-state index contributed by atoms with van der Waals surface area (Å²) in [6.07, 6.45) is 0. The first kappa shape index (κ1) is 31.5. The van der Waals surface area contributed by atoms with Crippen molar-refractivity contribution in [3.63, 3.8) is 0 Å². The first-order valence-corrected chi connectivity index (χ1v) is 1.41. The van der Waals surface area contributed by atoms with Gasteiger partial charge in [0.2, 0.25) is 0 Å². The molecule has 11 heteroatoms. The van der Waals surface area contributed by atoms with Crippen molar-refractivity contribution in [1.29, 1.82) is 0 Å². The van der Waals surface area contributed by atoms with Gasteiger partial charge in [-0.25, -0.2) is 0 Å². The Kier molecular flexibility index (Phi) is 66.6. The largest absolute Gasteiger partial charge is 1.00 e. The molecule has 0 saturated carbocycles. The molecule has 11 heavy (non-hydrogen) atoms. The molecule has 0 spiro atoms. The quantitative estimate of drug-likeness (QED) is 0.282. The Labute approximate surface area is 302 Å². The van der Waals surface area contributed by atoms with E-state index in [1.807, 2.05) is 0 Å². The predicted molar refractivity (Wildman–Crippen MR) is 12.6 cm³/mol. The molecule has 0 aliphatic carbocycles. The van der Waals surface area contributed by atoms with Crippen LogP contribution in [0, 0.1) is 0 Å². The van der Waals surface area contributed by atoms with E-state index in [9.17, 15) is 0 Å². The molecule has 0 unspecified atom stereocenters. The molecule has 0 bridgehead atoms. The van der Waals surface area contributed by atoms with Crippen LogP contribution in [0.1, 0.15) is 0 Å². The number of hydrogen-bond donors (Lipinski definition) is 0. The minimum atomic E-state index is -2.75. The Morgan fingerprint density at radius 1 is 0.636 bits per heavy atom. The van der Waals surface area contributed by atoms with Gasteiger partial charge in [0.05, 0.1) is 0 Å². The van der Waals surface area contributed by atoms with Crippen LogP contribution in [0.25, 0.3) is 0 Å². The van der Waals surface area contributed by atoms with E-state index in [4.69, 9.17) is 20.1 Å². The molecule has 40 valence electrons. The summed E-state index contributed by atoms with van der Waals surface area (Å²) in [6.45, 7) is 0. The van der Waals surface area contributed by atoms with Crippen molar-refractivity contribution < 1.29 is 300 Å². The van der Waals surface area contributed by atoms with Gasteiger partial charge in [0.25, 0.3) is 0 Å². The molecule has 0 atom stereocenters. The monoisotopic (exact) mass is 634 g/mol. The van der Waals surface area contributed by atoms with Crippen molar-refractivity contribution >= 4 is 14.6 Å².